The van der Waals surface area contributed by atoms with Gasteiger partial charge in [0.1, 0.15) is 18.2 Å². The van der Waals surface area contributed by atoms with Crippen molar-refractivity contribution in [3.8, 4) is 0 Å². The van der Waals surface area contributed by atoms with Crippen LogP contribution in [0.2, 0.25) is 0 Å². The van der Waals surface area contributed by atoms with Gasteiger partial charge in [0.15, 0.2) is 0 Å². The average molecular weight is 475 g/mol. The van der Waals surface area contributed by atoms with E-state index in [1.807, 2.05) is 51.1 Å². The van der Waals surface area contributed by atoms with Gasteiger partial charge in [-0.25, -0.2) is 14.4 Å². The Morgan fingerprint density at radius 2 is 1.82 bits per heavy atom. The molecular weight excluding hydrogens is 436 g/mol. The molecule has 1 aromatic carbocycles. The first kappa shape index (κ1) is 27.2. The lowest BCUT2D eigenvalue weighted by atomic mass is 9.93. The summed E-state index contributed by atoms with van der Waals surface area (Å²) in [6, 6.07) is 7.99. The van der Waals surface area contributed by atoms with Crippen LogP contribution in [0.4, 0.5) is 9.59 Å². The van der Waals surface area contributed by atoms with Gasteiger partial charge in [-0.1, -0.05) is 36.4 Å². The minimum atomic E-state index is -0.881. The first-order valence-electron chi connectivity index (χ1n) is 11.7. The van der Waals surface area contributed by atoms with Crippen LogP contribution in [-0.2, 0) is 25.6 Å². The Morgan fingerprint density at radius 1 is 1.18 bits per heavy atom. The van der Waals surface area contributed by atoms with E-state index in [9.17, 15) is 14.4 Å². The van der Waals surface area contributed by atoms with Crippen molar-refractivity contribution in [1.29, 1.82) is 0 Å². The lowest BCUT2D eigenvalue weighted by molar-refractivity contribution is -0.146. The van der Waals surface area contributed by atoms with Crippen LogP contribution in [0, 0.1) is 0 Å². The zero-order chi connectivity index (χ0) is 25.3. The van der Waals surface area contributed by atoms with Crippen molar-refractivity contribution in [1.82, 2.24) is 9.80 Å². The summed E-state index contributed by atoms with van der Waals surface area (Å²) in [4.78, 5) is 41.7. The van der Waals surface area contributed by atoms with Gasteiger partial charge in [-0.15, -0.1) is 6.58 Å². The fourth-order valence-electron chi connectivity index (χ4n) is 4.10. The molecule has 2 unspecified atom stereocenters. The molecule has 0 saturated carbocycles. The molecule has 0 N–H and O–H groups in total. The van der Waals surface area contributed by atoms with Gasteiger partial charge in [0.2, 0.25) is 0 Å². The third-order valence-corrected chi connectivity index (χ3v) is 5.76. The third-order valence-electron chi connectivity index (χ3n) is 5.76. The summed E-state index contributed by atoms with van der Waals surface area (Å²) in [5, 5.41) is 0. The van der Waals surface area contributed by atoms with Crippen LogP contribution in [0.25, 0.3) is 0 Å². The molecule has 34 heavy (non-hydrogen) atoms. The van der Waals surface area contributed by atoms with Crippen LogP contribution in [0.15, 0.2) is 43.0 Å². The fraction of sp³-hybridized carbons (Fsp3) is 0.577. The minimum absolute atomic E-state index is 0.0730. The molecular formula is C26H38N2O6. The molecule has 0 aromatic heterocycles. The van der Waals surface area contributed by atoms with Crippen molar-refractivity contribution in [2.75, 3.05) is 13.7 Å². The topological polar surface area (TPSA) is 85.4 Å². The maximum Gasteiger partial charge on any atom is 0.410 e. The molecule has 1 heterocycles. The molecule has 1 aliphatic rings. The zero-order valence-corrected chi connectivity index (χ0v) is 21.0. The average Bonchev–Trinajstić information content (AvgIpc) is 2.79. The molecule has 3 atom stereocenters. The van der Waals surface area contributed by atoms with E-state index in [1.165, 1.54) is 12.0 Å². The van der Waals surface area contributed by atoms with Crippen LogP contribution in [0.3, 0.4) is 0 Å². The van der Waals surface area contributed by atoms with Crippen molar-refractivity contribution in [3.05, 3.63) is 48.6 Å². The van der Waals surface area contributed by atoms with E-state index in [0.717, 1.165) is 18.4 Å². The van der Waals surface area contributed by atoms with Crippen LogP contribution in [0.1, 0.15) is 58.9 Å². The molecule has 2 rings (SSSR count). The molecule has 1 fully saturated rings. The molecule has 1 aromatic rings. The number of hydrogen-bond acceptors (Lipinski definition) is 6. The number of likely N-dealkylation sites (tertiary alicyclic amines) is 1. The predicted molar refractivity (Wildman–Crippen MR) is 129 cm³/mol. The van der Waals surface area contributed by atoms with Crippen molar-refractivity contribution in [2.45, 2.75) is 83.7 Å². The highest BCUT2D eigenvalue weighted by Crippen LogP contribution is 2.29. The van der Waals surface area contributed by atoms with Gasteiger partial charge < -0.3 is 19.1 Å². The van der Waals surface area contributed by atoms with Gasteiger partial charge in [-0.05, 0) is 58.9 Å². The van der Waals surface area contributed by atoms with Crippen molar-refractivity contribution in [3.63, 3.8) is 0 Å². The van der Waals surface area contributed by atoms with E-state index >= 15 is 0 Å². The van der Waals surface area contributed by atoms with Gasteiger partial charge in [0, 0.05) is 12.6 Å². The molecule has 2 amide bonds. The number of rotatable bonds is 8. The molecule has 0 aliphatic carbocycles. The zero-order valence-electron chi connectivity index (χ0n) is 21.0. The highest BCUT2D eigenvalue weighted by Gasteiger charge is 2.40. The standard InChI is InChI=1S/C26H38N2O6/c1-7-12-21-15-11-16-22(28(21)25(31)34-26(3,4)5)17-27(19(2)23(29)32-6)24(30)33-18-20-13-9-8-10-14-20/h7-10,13-14,19,21-22H,1,11-12,15-18H2,2-6H3/t19-,21?,22?/m0/s1. The van der Waals surface area contributed by atoms with Crippen molar-refractivity contribution in [2.24, 2.45) is 0 Å². The van der Waals surface area contributed by atoms with E-state index in [4.69, 9.17) is 14.2 Å². The first-order valence-corrected chi connectivity index (χ1v) is 11.7. The lowest BCUT2D eigenvalue weighted by Crippen LogP contribution is -2.57. The van der Waals surface area contributed by atoms with E-state index in [0.29, 0.717) is 12.8 Å². The number of carbonyl (C=O) groups is 3. The molecule has 8 heteroatoms. The summed E-state index contributed by atoms with van der Waals surface area (Å²) in [6.45, 7) is 11.1. The van der Waals surface area contributed by atoms with Gasteiger partial charge in [-0.3, -0.25) is 4.90 Å². The monoisotopic (exact) mass is 474 g/mol. The lowest BCUT2D eigenvalue weighted by Gasteiger charge is -2.44. The number of hydrogen-bond donors (Lipinski definition) is 0. The van der Waals surface area contributed by atoms with E-state index in [-0.39, 0.29) is 25.2 Å². The van der Waals surface area contributed by atoms with Gasteiger partial charge >= 0.3 is 18.2 Å². The maximum atomic E-state index is 13.2. The third kappa shape index (κ3) is 7.78. The van der Waals surface area contributed by atoms with Gasteiger partial charge in [0.25, 0.3) is 0 Å². The summed E-state index contributed by atoms with van der Waals surface area (Å²) in [5.41, 5.74) is 0.173. The Balaban J connectivity index is 2.27. The Morgan fingerprint density at radius 3 is 2.41 bits per heavy atom. The van der Waals surface area contributed by atoms with Crippen LogP contribution >= 0.6 is 0 Å². The predicted octanol–water partition coefficient (Wildman–Crippen LogP) is 4.92. The summed E-state index contributed by atoms with van der Waals surface area (Å²) in [5.74, 6) is -0.557. The van der Waals surface area contributed by atoms with Crippen molar-refractivity contribution >= 4 is 18.2 Å². The van der Waals surface area contributed by atoms with Gasteiger partial charge in [0.05, 0.1) is 13.2 Å². The Labute approximate surface area is 202 Å². The highest BCUT2D eigenvalue weighted by atomic mass is 16.6. The number of amides is 2. The number of nitrogens with zero attached hydrogens (tertiary/aromatic N) is 2. The number of esters is 1. The second-order valence-electron chi connectivity index (χ2n) is 9.54. The van der Waals surface area contributed by atoms with Crippen LogP contribution < -0.4 is 0 Å². The van der Waals surface area contributed by atoms with Crippen molar-refractivity contribution < 1.29 is 28.6 Å². The van der Waals surface area contributed by atoms with Crippen LogP contribution in [0.5, 0.6) is 0 Å². The number of methoxy groups -OCH3 is 1. The Kier molecular flexibility index (Phi) is 9.96. The van der Waals surface area contributed by atoms with Gasteiger partial charge in [-0.2, -0.15) is 0 Å². The molecule has 0 radical (unpaired) electrons. The fourth-order valence-corrected chi connectivity index (χ4v) is 4.10. The first-order chi connectivity index (χ1) is 16.1. The normalized spacial score (nSPS) is 19.0. The maximum absolute atomic E-state index is 13.2. The van der Waals surface area contributed by atoms with E-state index < -0.39 is 29.8 Å². The second kappa shape index (κ2) is 12.4. The SMILES string of the molecule is C=CCC1CCCC(CN(C(=O)OCc2ccccc2)[C@@H](C)C(=O)OC)N1C(=O)OC(C)(C)C. The van der Waals surface area contributed by atoms with E-state index in [2.05, 4.69) is 6.58 Å². The minimum Gasteiger partial charge on any atom is -0.467 e. The molecule has 1 aliphatic heterocycles. The number of carbonyl (C=O) groups excluding carboxylic acids is 3. The quantitative estimate of drug-likeness (QED) is 0.302. The summed E-state index contributed by atoms with van der Waals surface area (Å²) >= 11 is 0. The number of benzene rings is 1. The Bertz CT molecular complexity index is 835. The highest BCUT2D eigenvalue weighted by molar-refractivity contribution is 5.81. The largest absolute Gasteiger partial charge is 0.467 e. The smallest absolute Gasteiger partial charge is 0.410 e. The summed E-state index contributed by atoms with van der Waals surface area (Å²) in [7, 11) is 1.28. The molecule has 8 nitrogen and oxygen atoms in total. The second-order valence-corrected chi connectivity index (χ2v) is 9.54. The molecule has 188 valence electrons. The Hall–Kier alpha value is -3.03. The molecule has 1 saturated heterocycles. The van der Waals surface area contributed by atoms with Crippen LogP contribution in [-0.4, -0.2) is 65.3 Å². The number of piperidine rings is 1. The molecule has 0 spiro atoms. The molecule has 0 bridgehead atoms. The van der Waals surface area contributed by atoms with E-state index in [1.54, 1.807) is 17.9 Å². The summed E-state index contributed by atoms with van der Waals surface area (Å²) < 4.78 is 16.1. The summed E-state index contributed by atoms with van der Waals surface area (Å²) in [6.07, 6.45) is 3.68. The number of ether oxygens (including phenoxy) is 3.